The van der Waals surface area contributed by atoms with E-state index in [1.54, 1.807) is 6.92 Å². The fraction of sp³-hybridized carbons (Fsp3) is 0.0588. The van der Waals surface area contributed by atoms with Crippen molar-refractivity contribution >= 4 is 22.6 Å². The van der Waals surface area contributed by atoms with Gasteiger partial charge in [-0.3, -0.25) is 10.1 Å². The molecule has 6 heteroatoms. The van der Waals surface area contributed by atoms with E-state index in [1.165, 1.54) is 18.2 Å². The molecule has 0 saturated heterocycles. The van der Waals surface area contributed by atoms with E-state index in [1.807, 2.05) is 30.3 Å². The number of hydrogen-bond donors (Lipinski definition) is 1. The van der Waals surface area contributed by atoms with E-state index in [9.17, 15) is 20.0 Å². The summed E-state index contributed by atoms with van der Waals surface area (Å²) < 4.78 is 0. The minimum atomic E-state index is -1.13. The van der Waals surface area contributed by atoms with Crippen LogP contribution in [0.4, 0.5) is 5.69 Å². The van der Waals surface area contributed by atoms with Gasteiger partial charge in [0.15, 0.2) is 0 Å². The molecule has 1 N–H and O–H groups in total. The van der Waals surface area contributed by atoms with E-state index in [4.69, 9.17) is 0 Å². The summed E-state index contributed by atoms with van der Waals surface area (Å²) in [7, 11) is 0. The maximum atomic E-state index is 11.7. The van der Waals surface area contributed by atoms with E-state index in [0.29, 0.717) is 16.8 Å². The Hall–Kier alpha value is -3.28. The number of nitro benzene ring substituents is 1. The maximum Gasteiger partial charge on any atom is 0.336 e. The predicted molar refractivity (Wildman–Crippen MR) is 85.5 cm³/mol. The van der Waals surface area contributed by atoms with Crippen LogP contribution in [0.25, 0.3) is 22.2 Å². The molecule has 114 valence electrons. The lowest BCUT2D eigenvalue weighted by Gasteiger charge is -2.12. The van der Waals surface area contributed by atoms with Gasteiger partial charge in [0.05, 0.1) is 21.7 Å². The zero-order valence-corrected chi connectivity index (χ0v) is 12.2. The molecule has 1 aromatic heterocycles. The molecule has 2 aromatic carbocycles. The van der Waals surface area contributed by atoms with Crippen LogP contribution in [0.15, 0.2) is 48.5 Å². The molecule has 3 rings (SSSR count). The van der Waals surface area contributed by atoms with Gasteiger partial charge in [-0.15, -0.1) is 0 Å². The number of hydrogen-bond acceptors (Lipinski definition) is 4. The smallest absolute Gasteiger partial charge is 0.336 e. The van der Waals surface area contributed by atoms with Gasteiger partial charge in [-0.25, -0.2) is 9.78 Å². The van der Waals surface area contributed by atoms with Crippen LogP contribution < -0.4 is 0 Å². The summed E-state index contributed by atoms with van der Waals surface area (Å²) in [5.74, 6) is -1.13. The molecule has 6 nitrogen and oxygen atoms in total. The van der Waals surface area contributed by atoms with Crippen molar-refractivity contribution in [1.82, 2.24) is 4.98 Å². The van der Waals surface area contributed by atoms with Gasteiger partial charge in [0.25, 0.3) is 5.69 Å². The molecule has 0 aliphatic carbocycles. The molecule has 1 heterocycles. The first kappa shape index (κ1) is 14.6. The second-order valence-corrected chi connectivity index (χ2v) is 5.09. The summed E-state index contributed by atoms with van der Waals surface area (Å²) in [4.78, 5) is 26.6. The number of rotatable bonds is 3. The molecule has 0 bridgehead atoms. The van der Waals surface area contributed by atoms with Crippen LogP contribution in [0.2, 0.25) is 0 Å². The first-order valence-corrected chi connectivity index (χ1v) is 6.86. The SMILES string of the molecule is Cc1c(-c2ccccc2)nc2ccc([N+](=O)[O-])cc2c1C(=O)O. The quantitative estimate of drug-likeness (QED) is 0.586. The number of benzene rings is 2. The van der Waals surface area contributed by atoms with Crippen molar-refractivity contribution in [3.05, 3.63) is 69.8 Å². The number of carbonyl (C=O) groups is 1. The molecular weight excluding hydrogens is 296 g/mol. The number of aromatic carboxylic acids is 1. The Labute approximate surface area is 131 Å². The van der Waals surface area contributed by atoms with Crippen LogP contribution in [0.5, 0.6) is 0 Å². The van der Waals surface area contributed by atoms with Crippen molar-refractivity contribution in [2.24, 2.45) is 0 Å². The van der Waals surface area contributed by atoms with Crippen LogP contribution in [0.3, 0.4) is 0 Å². The number of aromatic nitrogens is 1. The largest absolute Gasteiger partial charge is 0.478 e. The van der Waals surface area contributed by atoms with Crippen LogP contribution >= 0.6 is 0 Å². The topological polar surface area (TPSA) is 93.3 Å². The summed E-state index contributed by atoms with van der Waals surface area (Å²) in [5.41, 5.74) is 2.14. The number of pyridine rings is 1. The third-order valence-corrected chi connectivity index (χ3v) is 3.68. The average molecular weight is 308 g/mol. The molecule has 0 amide bonds. The Morgan fingerprint density at radius 1 is 1.17 bits per heavy atom. The average Bonchev–Trinajstić information content (AvgIpc) is 2.54. The summed E-state index contributed by atoms with van der Waals surface area (Å²) in [6.07, 6.45) is 0. The molecule has 0 saturated carbocycles. The fourth-order valence-electron chi connectivity index (χ4n) is 2.61. The third kappa shape index (κ3) is 2.50. The molecule has 0 unspecified atom stereocenters. The highest BCUT2D eigenvalue weighted by molar-refractivity contribution is 6.06. The Morgan fingerprint density at radius 3 is 2.48 bits per heavy atom. The maximum absolute atomic E-state index is 11.7. The Bertz CT molecular complexity index is 936. The van der Waals surface area contributed by atoms with Gasteiger partial charge in [0.2, 0.25) is 0 Å². The zero-order valence-electron chi connectivity index (χ0n) is 12.2. The van der Waals surface area contributed by atoms with E-state index < -0.39 is 10.9 Å². The number of nitro groups is 1. The van der Waals surface area contributed by atoms with Crippen molar-refractivity contribution in [1.29, 1.82) is 0 Å². The minimum Gasteiger partial charge on any atom is -0.478 e. The number of carboxylic acid groups (broad SMARTS) is 1. The van der Waals surface area contributed by atoms with Gasteiger partial charge in [0.1, 0.15) is 0 Å². The van der Waals surface area contributed by atoms with Gasteiger partial charge in [-0.2, -0.15) is 0 Å². The number of carboxylic acids is 1. The van der Waals surface area contributed by atoms with Crippen LogP contribution in [-0.2, 0) is 0 Å². The van der Waals surface area contributed by atoms with Crippen molar-refractivity contribution in [2.75, 3.05) is 0 Å². The van der Waals surface area contributed by atoms with Crippen LogP contribution in [0.1, 0.15) is 15.9 Å². The number of non-ortho nitro benzene ring substituents is 1. The molecule has 0 fully saturated rings. The van der Waals surface area contributed by atoms with Crippen molar-refractivity contribution < 1.29 is 14.8 Å². The normalized spacial score (nSPS) is 10.7. The highest BCUT2D eigenvalue weighted by atomic mass is 16.6. The van der Waals surface area contributed by atoms with Gasteiger partial charge in [-0.05, 0) is 18.6 Å². The summed E-state index contributed by atoms with van der Waals surface area (Å²) >= 11 is 0. The molecule has 0 aliphatic rings. The highest BCUT2D eigenvalue weighted by Crippen LogP contribution is 2.31. The second kappa shape index (κ2) is 5.49. The Kier molecular flexibility index (Phi) is 3.50. The van der Waals surface area contributed by atoms with E-state index in [-0.39, 0.29) is 16.6 Å². The lowest BCUT2D eigenvalue weighted by atomic mass is 9.97. The molecule has 0 spiro atoms. The zero-order chi connectivity index (χ0) is 16.6. The lowest BCUT2D eigenvalue weighted by Crippen LogP contribution is -2.05. The molecular formula is C17H12N2O4. The molecule has 0 aliphatic heterocycles. The third-order valence-electron chi connectivity index (χ3n) is 3.68. The van der Waals surface area contributed by atoms with Gasteiger partial charge < -0.3 is 5.11 Å². The van der Waals surface area contributed by atoms with Crippen molar-refractivity contribution in [3.63, 3.8) is 0 Å². The predicted octanol–water partition coefficient (Wildman–Crippen LogP) is 3.82. The Balaban J connectivity index is 2.38. The molecule has 0 radical (unpaired) electrons. The summed E-state index contributed by atoms with van der Waals surface area (Å²) in [6.45, 7) is 1.66. The molecule has 0 atom stereocenters. The van der Waals surface area contributed by atoms with Crippen LogP contribution in [-0.4, -0.2) is 21.0 Å². The minimum absolute atomic E-state index is 0.0394. The lowest BCUT2D eigenvalue weighted by molar-refractivity contribution is -0.384. The first-order valence-electron chi connectivity index (χ1n) is 6.86. The van der Waals surface area contributed by atoms with Gasteiger partial charge in [0, 0.05) is 23.1 Å². The molecule has 23 heavy (non-hydrogen) atoms. The van der Waals surface area contributed by atoms with E-state index in [2.05, 4.69) is 4.98 Å². The first-order chi connectivity index (χ1) is 11.0. The van der Waals surface area contributed by atoms with E-state index >= 15 is 0 Å². The number of nitrogens with zero attached hydrogens (tertiary/aromatic N) is 2. The van der Waals surface area contributed by atoms with Crippen LogP contribution in [0, 0.1) is 17.0 Å². The van der Waals surface area contributed by atoms with Crippen molar-refractivity contribution in [3.8, 4) is 11.3 Å². The Morgan fingerprint density at radius 2 is 1.87 bits per heavy atom. The van der Waals surface area contributed by atoms with E-state index in [0.717, 1.165) is 5.56 Å². The monoisotopic (exact) mass is 308 g/mol. The fourth-order valence-corrected chi connectivity index (χ4v) is 2.61. The second-order valence-electron chi connectivity index (χ2n) is 5.09. The summed E-state index contributed by atoms with van der Waals surface area (Å²) in [5, 5.41) is 20.8. The standard InChI is InChI=1S/C17H12N2O4/c1-10-15(17(20)21)13-9-12(19(22)23)7-8-14(13)18-16(10)11-5-3-2-4-6-11/h2-9H,1H3,(H,20,21). The van der Waals surface area contributed by atoms with Crippen molar-refractivity contribution in [2.45, 2.75) is 6.92 Å². The highest BCUT2D eigenvalue weighted by Gasteiger charge is 2.20. The summed E-state index contributed by atoms with van der Waals surface area (Å²) in [6, 6.07) is 13.3. The van der Waals surface area contributed by atoms with Gasteiger partial charge >= 0.3 is 5.97 Å². The molecule has 3 aromatic rings. The van der Waals surface area contributed by atoms with Gasteiger partial charge in [-0.1, -0.05) is 30.3 Å². The number of fused-ring (bicyclic) bond motifs is 1.